The highest BCUT2D eigenvalue weighted by Crippen LogP contribution is 2.67. The lowest BCUT2D eigenvalue weighted by molar-refractivity contribution is -0.111. The molecule has 1 nitrogen and oxygen atoms in total. The number of piperidine rings is 1. The van der Waals surface area contributed by atoms with Crippen molar-refractivity contribution in [1.82, 2.24) is 4.90 Å². The summed E-state index contributed by atoms with van der Waals surface area (Å²) in [4.78, 5) is 2.89. The molecule has 1 aliphatic heterocycles. The highest BCUT2D eigenvalue weighted by Gasteiger charge is 2.59. The highest BCUT2D eigenvalue weighted by molar-refractivity contribution is 5.23. The van der Waals surface area contributed by atoms with E-state index in [0.29, 0.717) is 10.8 Å². The van der Waals surface area contributed by atoms with Crippen LogP contribution in [0.2, 0.25) is 0 Å². The highest BCUT2D eigenvalue weighted by atomic mass is 15.2. The average molecular weight is 370 g/mol. The van der Waals surface area contributed by atoms with Crippen LogP contribution in [0.25, 0.3) is 0 Å². The third-order valence-electron chi connectivity index (χ3n) is 10.7. The number of hydrogen-bond acceptors (Lipinski definition) is 1. The first-order valence-electron chi connectivity index (χ1n) is 12.5. The predicted octanol–water partition coefficient (Wildman–Crippen LogP) is 6.83. The lowest BCUT2D eigenvalue weighted by Crippen LogP contribution is -2.55. The molecule has 0 N–H and O–H groups in total. The van der Waals surface area contributed by atoms with Gasteiger partial charge in [-0.25, -0.2) is 0 Å². The molecule has 5 fully saturated rings. The summed E-state index contributed by atoms with van der Waals surface area (Å²) in [6.45, 7) is 10.5. The molecule has 0 aromatic carbocycles. The van der Waals surface area contributed by atoms with Gasteiger partial charge in [0.15, 0.2) is 0 Å². The SMILES string of the molecule is C/C=C1/CCC2C3CCC4C[C@@H](N5CCCCC5)CC[C@]4(C)C3CC[C@]12C. The molecule has 7 atom stereocenters. The van der Waals surface area contributed by atoms with Crippen molar-refractivity contribution in [1.29, 1.82) is 0 Å². The second-order valence-electron chi connectivity index (χ2n) is 11.5. The van der Waals surface area contributed by atoms with Crippen LogP contribution in [0.15, 0.2) is 11.6 Å². The lowest BCUT2D eigenvalue weighted by Gasteiger charge is -2.61. The molecule has 27 heavy (non-hydrogen) atoms. The van der Waals surface area contributed by atoms with Crippen molar-refractivity contribution < 1.29 is 0 Å². The van der Waals surface area contributed by atoms with E-state index in [-0.39, 0.29) is 0 Å². The standard InChI is InChI=1S/C26H43N/c1-4-19-9-11-23-22-10-8-20-18-21(27-16-6-5-7-17-27)12-14-26(20,3)24(22)13-15-25(19,23)2/h4,20-24H,5-18H2,1-3H3/b19-4-/t20?,21-,22?,23?,24?,25+,26-/m0/s1. The van der Waals surface area contributed by atoms with Gasteiger partial charge in [-0.3, -0.25) is 0 Å². The second kappa shape index (κ2) is 6.89. The molecule has 0 amide bonds. The predicted molar refractivity (Wildman–Crippen MR) is 115 cm³/mol. The third-order valence-corrected chi connectivity index (χ3v) is 10.7. The smallest absolute Gasteiger partial charge is 0.00983 e. The Bertz CT molecular complexity index is 587. The van der Waals surface area contributed by atoms with Gasteiger partial charge < -0.3 is 4.90 Å². The van der Waals surface area contributed by atoms with E-state index in [1.807, 2.05) is 5.57 Å². The summed E-state index contributed by atoms with van der Waals surface area (Å²) < 4.78 is 0. The first-order valence-corrected chi connectivity index (χ1v) is 12.5. The van der Waals surface area contributed by atoms with E-state index in [2.05, 4.69) is 31.7 Å². The summed E-state index contributed by atoms with van der Waals surface area (Å²) in [5.41, 5.74) is 3.03. The maximum Gasteiger partial charge on any atom is 0.00983 e. The fraction of sp³-hybridized carbons (Fsp3) is 0.923. The van der Waals surface area contributed by atoms with Crippen LogP contribution in [0.5, 0.6) is 0 Å². The van der Waals surface area contributed by atoms with E-state index in [1.165, 1.54) is 77.3 Å². The van der Waals surface area contributed by atoms with Crippen LogP contribution in [0.4, 0.5) is 0 Å². The van der Waals surface area contributed by atoms with Gasteiger partial charge in [-0.15, -0.1) is 0 Å². The monoisotopic (exact) mass is 369 g/mol. The fourth-order valence-corrected chi connectivity index (χ4v) is 9.17. The number of fused-ring (bicyclic) bond motifs is 5. The molecule has 4 unspecified atom stereocenters. The van der Waals surface area contributed by atoms with E-state index < -0.39 is 0 Å². The van der Waals surface area contributed by atoms with Gasteiger partial charge >= 0.3 is 0 Å². The summed E-state index contributed by atoms with van der Waals surface area (Å²) in [6, 6.07) is 0.926. The molecule has 152 valence electrons. The van der Waals surface area contributed by atoms with Crippen LogP contribution in [0.3, 0.4) is 0 Å². The Morgan fingerprint density at radius 3 is 2.48 bits per heavy atom. The first kappa shape index (κ1) is 18.7. The zero-order valence-electron chi connectivity index (χ0n) is 18.3. The zero-order valence-corrected chi connectivity index (χ0v) is 18.3. The minimum Gasteiger partial charge on any atom is -0.300 e. The normalized spacial score (nSPS) is 52.3. The van der Waals surface area contributed by atoms with Gasteiger partial charge in [-0.05, 0) is 125 Å². The maximum absolute atomic E-state index is 2.89. The summed E-state index contributed by atoms with van der Waals surface area (Å²) in [5.74, 6) is 4.09. The first-order chi connectivity index (χ1) is 13.1. The Labute approximate surface area is 168 Å². The number of allylic oxidation sites excluding steroid dienone is 2. The molecule has 1 saturated heterocycles. The minimum absolute atomic E-state index is 0.560. The largest absolute Gasteiger partial charge is 0.300 e. The van der Waals surface area contributed by atoms with E-state index in [1.54, 1.807) is 12.8 Å². The molecule has 0 bridgehead atoms. The van der Waals surface area contributed by atoms with Gasteiger partial charge in [-0.2, -0.15) is 0 Å². The van der Waals surface area contributed by atoms with Gasteiger partial charge in [0.05, 0.1) is 0 Å². The molecule has 0 aromatic rings. The van der Waals surface area contributed by atoms with Gasteiger partial charge in [0.1, 0.15) is 0 Å². The molecule has 1 heterocycles. The second-order valence-corrected chi connectivity index (χ2v) is 11.5. The molecule has 4 aliphatic carbocycles. The van der Waals surface area contributed by atoms with E-state index in [0.717, 1.165) is 29.7 Å². The summed E-state index contributed by atoms with van der Waals surface area (Å²) in [5, 5.41) is 0. The van der Waals surface area contributed by atoms with Crippen LogP contribution in [-0.4, -0.2) is 24.0 Å². The molecule has 5 rings (SSSR count). The number of rotatable bonds is 1. The fourth-order valence-electron chi connectivity index (χ4n) is 9.17. The van der Waals surface area contributed by atoms with Gasteiger partial charge in [-0.1, -0.05) is 31.9 Å². The van der Waals surface area contributed by atoms with Crippen molar-refractivity contribution in [3.05, 3.63) is 11.6 Å². The number of likely N-dealkylation sites (tertiary alicyclic amines) is 1. The molecule has 4 saturated carbocycles. The molecule has 0 spiro atoms. The summed E-state index contributed by atoms with van der Waals surface area (Å²) >= 11 is 0. The molecule has 1 heteroatoms. The Morgan fingerprint density at radius 2 is 1.70 bits per heavy atom. The Balaban J connectivity index is 1.34. The van der Waals surface area contributed by atoms with Crippen molar-refractivity contribution in [2.24, 2.45) is 34.5 Å². The van der Waals surface area contributed by atoms with Crippen LogP contribution >= 0.6 is 0 Å². The van der Waals surface area contributed by atoms with Crippen molar-refractivity contribution in [3.8, 4) is 0 Å². The molecule has 0 aromatic heterocycles. The third kappa shape index (κ3) is 2.81. The number of nitrogens with zero attached hydrogens (tertiary/aromatic N) is 1. The van der Waals surface area contributed by atoms with Crippen molar-refractivity contribution in [2.75, 3.05) is 13.1 Å². The average Bonchev–Trinajstić information content (AvgIpc) is 3.04. The number of hydrogen-bond donors (Lipinski definition) is 0. The minimum atomic E-state index is 0.560. The Morgan fingerprint density at radius 1 is 0.889 bits per heavy atom. The topological polar surface area (TPSA) is 3.24 Å². The van der Waals surface area contributed by atoms with E-state index in [9.17, 15) is 0 Å². The summed E-state index contributed by atoms with van der Waals surface area (Å²) in [6.07, 6.45) is 20.4. The molecular formula is C26H43N. The summed E-state index contributed by atoms with van der Waals surface area (Å²) in [7, 11) is 0. The molecule has 0 radical (unpaired) electrons. The molecule has 5 aliphatic rings. The van der Waals surface area contributed by atoms with E-state index in [4.69, 9.17) is 0 Å². The van der Waals surface area contributed by atoms with Crippen molar-refractivity contribution in [3.63, 3.8) is 0 Å². The molecular weight excluding hydrogens is 326 g/mol. The Kier molecular flexibility index (Phi) is 4.78. The van der Waals surface area contributed by atoms with Crippen LogP contribution in [0, 0.1) is 34.5 Å². The van der Waals surface area contributed by atoms with Crippen molar-refractivity contribution >= 4 is 0 Å². The zero-order chi connectivity index (χ0) is 18.6. The quantitative estimate of drug-likeness (QED) is 0.458. The Hall–Kier alpha value is -0.300. The van der Waals surface area contributed by atoms with Crippen LogP contribution < -0.4 is 0 Å². The van der Waals surface area contributed by atoms with Gasteiger partial charge in [0.25, 0.3) is 0 Å². The van der Waals surface area contributed by atoms with E-state index >= 15 is 0 Å². The maximum atomic E-state index is 2.89. The van der Waals surface area contributed by atoms with Crippen molar-refractivity contribution in [2.45, 2.75) is 104 Å². The van der Waals surface area contributed by atoms with Crippen LogP contribution in [0.1, 0.15) is 97.8 Å². The van der Waals surface area contributed by atoms with Gasteiger partial charge in [0, 0.05) is 6.04 Å². The van der Waals surface area contributed by atoms with Crippen LogP contribution in [-0.2, 0) is 0 Å². The van der Waals surface area contributed by atoms with Gasteiger partial charge in [0.2, 0.25) is 0 Å². The lowest BCUT2D eigenvalue weighted by atomic mass is 9.45.